The van der Waals surface area contributed by atoms with Crippen LogP contribution in [0.4, 0.5) is 0 Å². The molecule has 4 heteroatoms. The van der Waals surface area contributed by atoms with Gasteiger partial charge in [0.25, 0.3) is 0 Å². The van der Waals surface area contributed by atoms with Crippen LogP contribution in [0.2, 0.25) is 0 Å². The van der Waals surface area contributed by atoms with Crippen LogP contribution in [0.15, 0.2) is 12.4 Å². The van der Waals surface area contributed by atoms with E-state index in [9.17, 15) is 0 Å². The second-order valence-electron chi connectivity index (χ2n) is 4.85. The Morgan fingerprint density at radius 1 is 1.44 bits per heavy atom. The molecule has 1 aromatic heterocycles. The van der Waals surface area contributed by atoms with E-state index in [1.165, 1.54) is 5.56 Å². The predicted molar refractivity (Wildman–Crippen MR) is 67.1 cm³/mol. The minimum Gasteiger partial charge on any atom is -0.329 e. The van der Waals surface area contributed by atoms with Crippen molar-refractivity contribution in [1.82, 2.24) is 14.7 Å². The van der Waals surface area contributed by atoms with E-state index in [0.29, 0.717) is 18.5 Å². The maximum absolute atomic E-state index is 5.87. The zero-order valence-electron chi connectivity index (χ0n) is 11.0. The van der Waals surface area contributed by atoms with Crippen LogP contribution in [-0.2, 0) is 7.05 Å². The van der Waals surface area contributed by atoms with Gasteiger partial charge in [0, 0.05) is 31.4 Å². The van der Waals surface area contributed by atoms with Crippen molar-refractivity contribution in [3.05, 3.63) is 18.0 Å². The molecule has 0 aliphatic rings. The highest BCUT2D eigenvalue weighted by molar-refractivity contribution is 5.11. The van der Waals surface area contributed by atoms with Crippen LogP contribution in [-0.4, -0.2) is 34.3 Å². The average molecular weight is 224 g/mol. The lowest BCUT2D eigenvalue weighted by Crippen LogP contribution is -2.39. The Kier molecular flexibility index (Phi) is 4.50. The molecule has 2 N–H and O–H groups in total. The molecule has 0 saturated carbocycles. The summed E-state index contributed by atoms with van der Waals surface area (Å²) in [7, 11) is 4.07. The van der Waals surface area contributed by atoms with Gasteiger partial charge in [-0.15, -0.1) is 0 Å². The zero-order chi connectivity index (χ0) is 12.3. The Labute approximate surface area is 98.4 Å². The summed E-state index contributed by atoms with van der Waals surface area (Å²) in [6.45, 7) is 7.33. The first-order valence-electron chi connectivity index (χ1n) is 5.88. The molecular formula is C12H24N4. The van der Waals surface area contributed by atoms with Gasteiger partial charge < -0.3 is 5.73 Å². The van der Waals surface area contributed by atoms with Crippen molar-refractivity contribution in [2.24, 2.45) is 18.7 Å². The third-order valence-corrected chi connectivity index (χ3v) is 3.43. The summed E-state index contributed by atoms with van der Waals surface area (Å²) in [6, 6.07) is 0.764. The summed E-state index contributed by atoms with van der Waals surface area (Å²) in [5, 5.41) is 4.21. The van der Waals surface area contributed by atoms with E-state index in [4.69, 9.17) is 5.73 Å². The second-order valence-corrected chi connectivity index (χ2v) is 4.85. The Balaban J connectivity index is 2.82. The first kappa shape index (κ1) is 13.2. The maximum atomic E-state index is 5.87. The molecule has 1 rings (SSSR count). The highest BCUT2D eigenvalue weighted by atomic mass is 15.3. The van der Waals surface area contributed by atoms with Gasteiger partial charge in [0.2, 0.25) is 0 Å². The van der Waals surface area contributed by atoms with Crippen molar-refractivity contribution in [2.45, 2.75) is 32.9 Å². The van der Waals surface area contributed by atoms with E-state index in [0.717, 1.165) is 0 Å². The summed E-state index contributed by atoms with van der Waals surface area (Å²) < 4.78 is 1.83. The quantitative estimate of drug-likeness (QED) is 0.822. The van der Waals surface area contributed by atoms with E-state index in [1.807, 2.05) is 24.1 Å². The maximum Gasteiger partial charge on any atom is 0.0538 e. The molecule has 0 spiro atoms. The van der Waals surface area contributed by atoms with Crippen LogP contribution in [0.25, 0.3) is 0 Å². The lowest BCUT2D eigenvalue weighted by atomic mass is 10.0. The highest BCUT2D eigenvalue weighted by Crippen LogP contribution is 2.22. The number of hydrogen-bond donors (Lipinski definition) is 1. The molecule has 0 radical (unpaired) electrons. The number of nitrogens with two attached hydrogens (primary N) is 1. The van der Waals surface area contributed by atoms with Crippen molar-refractivity contribution in [3.63, 3.8) is 0 Å². The molecule has 0 amide bonds. The van der Waals surface area contributed by atoms with Gasteiger partial charge in [0.15, 0.2) is 0 Å². The standard InChI is InChI=1S/C12H24N4/c1-9(2)10(3)16(5)12(6-13)11-7-14-15(4)8-11/h7-10,12H,6,13H2,1-5H3. The van der Waals surface area contributed by atoms with Crippen LogP contribution in [0.1, 0.15) is 32.4 Å². The number of hydrogen-bond acceptors (Lipinski definition) is 3. The lowest BCUT2D eigenvalue weighted by Gasteiger charge is -2.34. The van der Waals surface area contributed by atoms with Crippen molar-refractivity contribution >= 4 is 0 Å². The number of rotatable bonds is 5. The number of nitrogens with zero attached hydrogens (tertiary/aromatic N) is 3. The number of aryl methyl sites for hydroxylation is 1. The van der Waals surface area contributed by atoms with Gasteiger partial charge in [-0.1, -0.05) is 13.8 Å². The SMILES string of the molecule is CC(C)C(C)N(C)C(CN)c1cnn(C)c1. The van der Waals surface area contributed by atoms with Gasteiger partial charge in [0.1, 0.15) is 0 Å². The van der Waals surface area contributed by atoms with Gasteiger partial charge in [-0.05, 0) is 19.9 Å². The molecular weight excluding hydrogens is 200 g/mol. The Hall–Kier alpha value is -0.870. The minimum absolute atomic E-state index is 0.256. The fraction of sp³-hybridized carbons (Fsp3) is 0.750. The lowest BCUT2D eigenvalue weighted by molar-refractivity contribution is 0.152. The van der Waals surface area contributed by atoms with Gasteiger partial charge in [-0.25, -0.2) is 0 Å². The third kappa shape index (κ3) is 2.83. The number of aromatic nitrogens is 2. The average Bonchev–Trinajstić information content (AvgIpc) is 2.64. The molecule has 16 heavy (non-hydrogen) atoms. The molecule has 0 aromatic carbocycles. The normalized spacial score (nSPS) is 15.8. The monoisotopic (exact) mass is 224 g/mol. The second kappa shape index (κ2) is 5.46. The van der Waals surface area contributed by atoms with E-state index in [1.54, 1.807) is 0 Å². The topological polar surface area (TPSA) is 47.1 Å². The Morgan fingerprint density at radius 3 is 2.44 bits per heavy atom. The molecule has 0 fully saturated rings. The first-order valence-corrected chi connectivity index (χ1v) is 5.88. The predicted octanol–water partition coefficient (Wildman–Crippen LogP) is 1.40. The summed E-state index contributed by atoms with van der Waals surface area (Å²) in [4.78, 5) is 2.34. The van der Waals surface area contributed by atoms with Gasteiger partial charge in [0.05, 0.1) is 12.2 Å². The molecule has 0 bridgehead atoms. The molecule has 1 aromatic rings. The van der Waals surface area contributed by atoms with E-state index in [2.05, 4.69) is 37.8 Å². The van der Waals surface area contributed by atoms with Crippen molar-refractivity contribution in [2.75, 3.05) is 13.6 Å². The summed E-state index contributed by atoms with van der Waals surface area (Å²) in [6.07, 6.45) is 3.95. The first-order chi connectivity index (χ1) is 7.47. The van der Waals surface area contributed by atoms with Crippen LogP contribution in [0, 0.1) is 5.92 Å². The van der Waals surface area contributed by atoms with Crippen molar-refractivity contribution in [1.29, 1.82) is 0 Å². The van der Waals surface area contributed by atoms with Crippen molar-refractivity contribution in [3.8, 4) is 0 Å². The van der Waals surface area contributed by atoms with Gasteiger partial charge in [-0.2, -0.15) is 5.10 Å². The summed E-state index contributed by atoms with van der Waals surface area (Å²) in [5.74, 6) is 0.621. The van der Waals surface area contributed by atoms with E-state index in [-0.39, 0.29) is 6.04 Å². The van der Waals surface area contributed by atoms with Crippen LogP contribution >= 0.6 is 0 Å². The fourth-order valence-corrected chi connectivity index (χ4v) is 1.90. The molecule has 0 saturated heterocycles. The van der Waals surface area contributed by atoms with Crippen LogP contribution < -0.4 is 5.73 Å². The smallest absolute Gasteiger partial charge is 0.0538 e. The molecule has 4 nitrogen and oxygen atoms in total. The van der Waals surface area contributed by atoms with Gasteiger partial charge in [-0.3, -0.25) is 9.58 Å². The Bertz CT molecular complexity index is 319. The van der Waals surface area contributed by atoms with Crippen LogP contribution in [0.5, 0.6) is 0 Å². The van der Waals surface area contributed by atoms with E-state index < -0.39 is 0 Å². The highest BCUT2D eigenvalue weighted by Gasteiger charge is 2.23. The summed E-state index contributed by atoms with van der Waals surface area (Å²) in [5.41, 5.74) is 7.07. The zero-order valence-corrected chi connectivity index (χ0v) is 11.0. The number of likely N-dealkylation sites (N-methyl/N-ethyl adjacent to an activating group) is 1. The van der Waals surface area contributed by atoms with Crippen molar-refractivity contribution < 1.29 is 0 Å². The molecule has 1 heterocycles. The third-order valence-electron chi connectivity index (χ3n) is 3.43. The molecule has 92 valence electrons. The van der Waals surface area contributed by atoms with Crippen LogP contribution in [0.3, 0.4) is 0 Å². The molecule has 2 atom stereocenters. The molecule has 0 aliphatic carbocycles. The Morgan fingerprint density at radius 2 is 2.06 bits per heavy atom. The molecule has 2 unspecified atom stereocenters. The fourth-order valence-electron chi connectivity index (χ4n) is 1.90. The molecule has 0 aliphatic heterocycles. The van der Waals surface area contributed by atoms with E-state index >= 15 is 0 Å². The largest absolute Gasteiger partial charge is 0.329 e. The minimum atomic E-state index is 0.256. The van der Waals surface area contributed by atoms with Gasteiger partial charge >= 0.3 is 0 Å². The summed E-state index contributed by atoms with van der Waals surface area (Å²) >= 11 is 0.